The monoisotopic (exact) mass is 269 g/mol. The molecule has 2 aromatic rings. The van der Waals surface area contributed by atoms with E-state index >= 15 is 0 Å². The molecule has 2 aromatic carbocycles. The van der Waals surface area contributed by atoms with Gasteiger partial charge in [0, 0.05) is 10.6 Å². The average molecular weight is 270 g/mol. The Hall–Kier alpha value is -1.91. The van der Waals surface area contributed by atoms with Crippen LogP contribution in [0, 0.1) is 11.8 Å². The Morgan fingerprint density at radius 1 is 1.00 bits per heavy atom. The Kier molecular flexibility index (Phi) is 4.28. The number of nitrogens with zero attached hydrogens (tertiary/aromatic N) is 1. The van der Waals surface area contributed by atoms with Crippen molar-refractivity contribution in [1.29, 1.82) is 0 Å². The van der Waals surface area contributed by atoms with Gasteiger partial charge in [-0.25, -0.2) is 0 Å². The van der Waals surface area contributed by atoms with E-state index in [1.54, 1.807) is 12.1 Å². The minimum Gasteiger partial charge on any atom is -0.193 e. The molecule has 0 saturated heterocycles. The molecule has 0 amide bonds. The molecule has 0 bridgehead atoms. The maximum absolute atomic E-state index is 5.90. The first-order valence-electron chi connectivity index (χ1n) is 5.24. The van der Waals surface area contributed by atoms with E-state index in [0.29, 0.717) is 10.7 Å². The van der Waals surface area contributed by atoms with E-state index in [4.69, 9.17) is 11.6 Å². The molecular weight excluding hydrogens is 262 g/mol. The van der Waals surface area contributed by atoms with Crippen molar-refractivity contribution >= 4 is 34.7 Å². The van der Waals surface area contributed by atoms with Crippen molar-refractivity contribution in [2.45, 2.75) is 0 Å². The van der Waals surface area contributed by atoms with Crippen LogP contribution in [0.3, 0.4) is 0 Å². The molecule has 0 aliphatic rings. The van der Waals surface area contributed by atoms with Crippen LogP contribution in [0.25, 0.3) is 0 Å². The summed E-state index contributed by atoms with van der Waals surface area (Å²) in [6, 6.07) is 15.1. The lowest BCUT2D eigenvalue weighted by atomic mass is 10.1. The van der Waals surface area contributed by atoms with E-state index in [1.807, 2.05) is 36.4 Å². The van der Waals surface area contributed by atoms with Gasteiger partial charge < -0.3 is 0 Å². The van der Waals surface area contributed by atoms with Gasteiger partial charge in [0.15, 0.2) is 0 Å². The molecule has 0 spiro atoms. The molecule has 0 aliphatic carbocycles. The van der Waals surface area contributed by atoms with Crippen LogP contribution in [0.1, 0.15) is 11.1 Å². The van der Waals surface area contributed by atoms with Crippen LogP contribution in [0.15, 0.2) is 53.5 Å². The van der Waals surface area contributed by atoms with Gasteiger partial charge in [-0.3, -0.25) is 0 Å². The molecule has 0 N–H and O–H groups in total. The fourth-order valence-electron chi connectivity index (χ4n) is 1.41. The van der Waals surface area contributed by atoms with Gasteiger partial charge >= 0.3 is 0 Å². The number of benzene rings is 2. The molecule has 18 heavy (non-hydrogen) atoms. The Morgan fingerprint density at radius 2 is 1.78 bits per heavy atom. The van der Waals surface area contributed by atoms with Gasteiger partial charge in [-0.2, -0.15) is 4.99 Å². The van der Waals surface area contributed by atoms with E-state index in [1.165, 1.54) is 0 Å². The van der Waals surface area contributed by atoms with E-state index < -0.39 is 0 Å². The standard InChI is InChI=1S/C15H8ClNS/c16-14-9-8-13(15(10-14)17-11-18)7-6-12-4-2-1-3-5-12/h1-5,8-10H. The molecular formula is C15H8ClNS. The van der Waals surface area contributed by atoms with Gasteiger partial charge in [0.1, 0.15) is 0 Å². The molecule has 0 aromatic heterocycles. The first kappa shape index (κ1) is 12.5. The molecule has 0 fully saturated rings. The highest BCUT2D eigenvalue weighted by atomic mass is 35.5. The highest BCUT2D eigenvalue weighted by Gasteiger charge is 1.99. The number of halogens is 1. The summed E-state index contributed by atoms with van der Waals surface area (Å²) in [7, 11) is 0. The van der Waals surface area contributed by atoms with Crippen molar-refractivity contribution in [2.75, 3.05) is 0 Å². The van der Waals surface area contributed by atoms with Crippen molar-refractivity contribution in [3.8, 4) is 11.8 Å². The van der Waals surface area contributed by atoms with Crippen LogP contribution < -0.4 is 0 Å². The first-order valence-corrected chi connectivity index (χ1v) is 6.03. The van der Waals surface area contributed by atoms with Gasteiger partial charge in [-0.05, 0) is 42.5 Å². The van der Waals surface area contributed by atoms with E-state index in [0.717, 1.165) is 11.1 Å². The van der Waals surface area contributed by atoms with Crippen LogP contribution in [0.2, 0.25) is 5.02 Å². The minimum atomic E-state index is 0.601. The predicted octanol–water partition coefficient (Wildman–Crippen LogP) is 4.47. The van der Waals surface area contributed by atoms with Crippen molar-refractivity contribution < 1.29 is 0 Å². The SMILES string of the molecule is S=C=Nc1cc(Cl)ccc1C#Cc1ccccc1. The topological polar surface area (TPSA) is 12.4 Å². The molecule has 0 saturated carbocycles. The van der Waals surface area contributed by atoms with Gasteiger partial charge in [0.2, 0.25) is 0 Å². The van der Waals surface area contributed by atoms with Crippen molar-refractivity contribution in [2.24, 2.45) is 4.99 Å². The molecule has 1 nitrogen and oxygen atoms in total. The van der Waals surface area contributed by atoms with E-state index in [9.17, 15) is 0 Å². The number of rotatable bonds is 1. The summed E-state index contributed by atoms with van der Waals surface area (Å²) in [4.78, 5) is 3.96. The Morgan fingerprint density at radius 3 is 2.50 bits per heavy atom. The zero-order chi connectivity index (χ0) is 12.8. The first-order chi connectivity index (χ1) is 8.79. The molecule has 0 unspecified atom stereocenters. The lowest BCUT2D eigenvalue weighted by Gasteiger charge is -1.97. The highest BCUT2D eigenvalue weighted by molar-refractivity contribution is 7.78. The van der Waals surface area contributed by atoms with Crippen LogP contribution >= 0.6 is 23.8 Å². The molecule has 2 rings (SSSR count). The number of thiocarbonyl (C=S) groups is 1. The Balaban J connectivity index is 2.41. The van der Waals surface area contributed by atoms with E-state index in [-0.39, 0.29) is 0 Å². The van der Waals surface area contributed by atoms with Crippen molar-refractivity contribution in [3.05, 3.63) is 64.7 Å². The predicted molar refractivity (Wildman–Crippen MR) is 78.6 cm³/mol. The second kappa shape index (κ2) is 6.14. The third kappa shape index (κ3) is 3.29. The third-order valence-corrected chi connectivity index (χ3v) is 2.57. The number of aliphatic imine (C=N–C) groups is 1. The van der Waals surface area contributed by atoms with Crippen LogP contribution in [0.4, 0.5) is 5.69 Å². The van der Waals surface area contributed by atoms with Crippen molar-refractivity contribution in [1.82, 2.24) is 0 Å². The van der Waals surface area contributed by atoms with Crippen LogP contribution in [-0.4, -0.2) is 5.16 Å². The Labute approximate surface area is 116 Å². The smallest absolute Gasteiger partial charge is 0.0910 e. The van der Waals surface area contributed by atoms with Crippen LogP contribution in [0.5, 0.6) is 0 Å². The maximum atomic E-state index is 5.90. The largest absolute Gasteiger partial charge is 0.193 e. The van der Waals surface area contributed by atoms with Crippen molar-refractivity contribution in [3.63, 3.8) is 0 Å². The fourth-order valence-corrected chi connectivity index (χ4v) is 1.68. The fraction of sp³-hybridized carbons (Fsp3) is 0. The number of isothiocyanates is 1. The summed E-state index contributed by atoms with van der Waals surface area (Å²) in [5.74, 6) is 6.12. The summed E-state index contributed by atoms with van der Waals surface area (Å²) < 4.78 is 0. The molecule has 0 radical (unpaired) electrons. The summed E-state index contributed by atoms with van der Waals surface area (Å²) in [5.41, 5.74) is 2.37. The highest BCUT2D eigenvalue weighted by Crippen LogP contribution is 2.22. The molecule has 0 heterocycles. The normalized spacial score (nSPS) is 8.94. The summed E-state index contributed by atoms with van der Waals surface area (Å²) >= 11 is 10.5. The quantitative estimate of drug-likeness (QED) is 0.423. The number of hydrogen-bond acceptors (Lipinski definition) is 2. The zero-order valence-electron chi connectivity index (χ0n) is 9.35. The molecule has 3 heteroatoms. The van der Waals surface area contributed by atoms with Crippen LogP contribution in [-0.2, 0) is 0 Å². The lowest BCUT2D eigenvalue weighted by Crippen LogP contribution is -1.78. The maximum Gasteiger partial charge on any atom is 0.0910 e. The zero-order valence-corrected chi connectivity index (χ0v) is 10.9. The average Bonchev–Trinajstić information content (AvgIpc) is 2.39. The van der Waals surface area contributed by atoms with E-state index in [2.05, 4.69) is 34.2 Å². The molecule has 0 aliphatic heterocycles. The third-order valence-electron chi connectivity index (χ3n) is 2.24. The number of hydrogen-bond donors (Lipinski definition) is 0. The van der Waals surface area contributed by atoms with Gasteiger partial charge in [0.05, 0.1) is 16.4 Å². The summed E-state index contributed by atoms with van der Waals surface area (Å²) in [5, 5.41) is 2.93. The summed E-state index contributed by atoms with van der Waals surface area (Å²) in [6.07, 6.45) is 0. The van der Waals surface area contributed by atoms with Gasteiger partial charge in [-0.15, -0.1) is 0 Å². The minimum absolute atomic E-state index is 0.601. The van der Waals surface area contributed by atoms with Gasteiger partial charge in [0.25, 0.3) is 0 Å². The second-order valence-electron chi connectivity index (χ2n) is 3.48. The Bertz CT molecular complexity index is 662. The second-order valence-corrected chi connectivity index (χ2v) is 4.10. The lowest BCUT2D eigenvalue weighted by molar-refractivity contribution is 1.51. The molecule has 86 valence electrons. The molecule has 0 atom stereocenters. The summed E-state index contributed by atoms with van der Waals surface area (Å²) in [6.45, 7) is 0. The van der Waals surface area contributed by atoms with Gasteiger partial charge in [-0.1, -0.05) is 41.6 Å².